The molecule has 1 aromatic heterocycles. The summed E-state index contributed by atoms with van der Waals surface area (Å²) in [6, 6.07) is 7.60. The van der Waals surface area contributed by atoms with Crippen LogP contribution in [-0.2, 0) is 6.61 Å². The predicted molar refractivity (Wildman–Crippen MR) is 72.7 cm³/mol. The van der Waals surface area contributed by atoms with Gasteiger partial charge < -0.3 is 4.74 Å². The van der Waals surface area contributed by atoms with Crippen molar-refractivity contribution in [2.75, 3.05) is 0 Å². The Hall–Kier alpha value is -1.20. The molecule has 0 unspecified atom stereocenters. The van der Waals surface area contributed by atoms with Gasteiger partial charge in [0, 0.05) is 16.2 Å². The van der Waals surface area contributed by atoms with Crippen molar-refractivity contribution in [2.45, 2.75) is 13.0 Å². The molecule has 0 aliphatic carbocycles. The number of benzene rings is 1. The molecule has 0 fully saturated rings. The highest BCUT2D eigenvalue weighted by atomic mass is 79.9. The maximum Gasteiger partial charge on any atom is 0.263 e. The van der Waals surface area contributed by atoms with Crippen molar-refractivity contribution in [3.63, 3.8) is 0 Å². The SMILES string of the molecule is FC(F)c1ccc(COc2ncc(Br)cc2Cl)cc1. The molecule has 19 heavy (non-hydrogen) atoms. The van der Waals surface area contributed by atoms with Gasteiger partial charge in [-0.3, -0.25) is 0 Å². The van der Waals surface area contributed by atoms with E-state index in [-0.39, 0.29) is 12.2 Å². The summed E-state index contributed by atoms with van der Waals surface area (Å²) < 4.78 is 30.9. The predicted octanol–water partition coefficient (Wildman–Crippen LogP) is 5.01. The number of hydrogen-bond donors (Lipinski definition) is 0. The van der Waals surface area contributed by atoms with Gasteiger partial charge in [0.2, 0.25) is 5.88 Å². The van der Waals surface area contributed by atoms with Gasteiger partial charge >= 0.3 is 0 Å². The Morgan fingerprint density at radius 1 is 1.26 bits per heavy atom. The molecule has 0 bridgehead atoms. The van der Waals surface area contributed by atoms with Crippen molar-refractivity contribution in [3.8, 4) is 5.88 Å². The standard InChI is InChI=1S/C13H9BrClF2NO/c14-10-5-11(15)13(18-6-10)19-7-8-1-3-9(4-2-8)12(16)17/h1-6,12H,7H2. The zero-order valence-corrected chi connectivity index (χ0v) is 12.0. The van der Waals surface area contributed by atoms with Crippen LogP contribution < -0.4 is 4.74 Å². The van der Waals surface area contributed by atoms with Crippen molar-refractivity contribution < 1.29 is 13.5 Å². The van der Waals surface area contributed by atoms with E-state index in [4.69, 9.17) is 16.3 Å². The molecule has 0 atom stereocenters. The summed E-state index contributed by atoms with van der Waals surface area (Å²) in [5.41, 5.74) is 0.758. The number of alkyl halides is 2. The van der Waals surface area contributed by atoms with Crippen molar-refractivity contribution in [1.82, 2.24) is 4.98 Å². The second kappa shape index (κ2) is 6.30. The quantitative estimate of drug-likeness (QED) is 0.774. The van der Waals surface area contributed by atoms with Crippen molar-refractivity contribution >= 4 is 27.5 Å². The van der Waals surface area contributed by atoms with E-state index in [1.807, 2.05) is 0 Å². The summed E-state index contributed by atoms with van der Waals surface area (Å²) in [6.07, 6.45) is -0.890. The number of hydrogen-bond acceptors (Lipinski definition) is 2. The number of ether oxygens (including phenoxy) is 1. The maximum absolute atomic E-state index is 12.4. The first-order valence-electron chi connectivity index (χ1n) is 5.37. The fourth-order valence-corrected chi connectivity index (χ4v) is 2.10. The van der Waals surface area contributed by atoms with Crippen molar-refractivity contribution in [2.24, 2.45) is 0 Å². The number of aromatic nitrogens is 1. The van der Waals surface area contributed by atoms with Crippen LogP contribution in [0, 0.1) is 0 Å². The van der Waals surface area contributed by atoms with E-state index in [1.165, 1.54) is 12.1 Å². The topological polar surface area (TPSA) is 22.1 Å². The molecule has 2 nitrogen and oxygen atoms in total. The number of rotatable bonds is 4. The van der Waals surface area contributed by atoms with Gasteiger partial charge in [0.1, 0.15) is 11.6 Å². The van der Waals surface area contributed by atoms with Crippen LogP contribution in [0.15, 0.2) is 41.0 Å². The summed E-state index contributed by atoms with van der Waals surface area (Å²) in [5, 5.41) is 0.388. The highest BCUT2D eigenvalue weighted by Gasteiger charge is 2.07. The average Bonchev–Trinajstić information content (AvgIpc) is 2.38. The third-order valence-corrected chi connectivity index (χ3v) is 3.09. The third kappa shape index (κ3) is 3.88. The van der Waals surface area contributed by atoms with Gasteiger partial charge in [-0.2, -0.15) is 0 Å². The Kier molecular flexibility index (Phi) is 4.71. The molecule has 1 heterocycles. The first kappa shape index (κ1) is 14.2. The summed E-state index contributed by atoms with van der Waals surface area (Å²) in [7, 11) is 0. The molecule has 100 valence electrons. The third-order valence-electron chi connectivity index (χ3n) is 2.38. The molecule has 6 heteroatoms. The molecule has 0 amide bonds. The molecule has 0 radical (unpaired) electrons. The molecule has 0 aliphatic rings. The van der Waals surface area contributed by atoms with Crippen molar-refractivity contribution in [3.05, 3.63) is 57.2 Å². The minimum absolute atomic E-state index is 0.0106. The van der Waals surface area contributed by atoms with Gasteiger partial charge in [0.25, 0.3) is 6.43 Å². The number of nitrogens with zero attached hydrogens (tertiary/aromatic N) is 1. The zero-order chi connectivity index (χ0) is 13.8. The van der Waals surface area contributed by atoms with Gasteiger partial charge in [-0.05, 0) is 27.6 Å². The fourth-order valence-electron chi connectivity index (χ4n) is 1.42. The van der Waals surface area contributed by atoms with Gasteiger partial charge in [0.15, 0.2) is 0 Å². The molecule has 0 saturated heterocycles. The minimum Gasteiger partial charge on any atom is -0.472 e. The summed E-state index contributed by atoms with van der Waals surface area (Å²) in [6.45, 7) is 0.220. The Morgan fingerprint density at radius 3 is 2.53 bits per heavy atom. The summed E-state index contributed by atoms with van der Waals surface area (Å²) in [4.78, 5) is 4.02. The van der Waals surface area contributed by atoms with Gasteiger partial charge in [0.05, 0.1) is 0 Å². The van der Waals surface area contributed by atoms with E-state index in [1.54, 1.807) is 24.4 Å². The van der Waals surface area contributed by atoms with E-state index < -0.39 is 6.43 Å². The first-order chi connectivity index (χ1) is 9.06. The second-order valence-corrected chi connectivity index (χ2v) is 5.09. The molecule has 0 N–H and O–H groups in total. The van der Waals surface area contributed by atoms with Crippen LogP contribution in [0.25, 0.3) is 0 Å². The smallest absolute Gasteiger partial charge is 0.263 e. The number of pyridine rings is 1. The van der Waals surface area contributed by atoms with Gasteiger partial charge in [-0.15, -0.1) is 0 Å². The largest absolute Gasteiger partial charge is 0.472 e. The summed E-state index contributed by atoms with van der Waals surface area (Å²) >= 11 is 9.19. The average molecular weight is 349 g/mol. The van der Waals surface area contributed by atoms with E-state index in [9.17, 15) is 8.78 Å². The molecular formula is C13H9BrClF2NO. The highest BCUT2D eigenvalue weighted by molar-refractivity contribution is 9.10. The van der Waals surface area contributed by atoms with E-state index >= 15 is 0 Å². The van der Waals surface area contributed by atoms with E-state index in [0.29, 0.717) is 10.9 Å². The normalized spacial score (nSPS) is 10.8. The minimum atomic E-state index is -2.46. The summed E-state index contributed by atoms with van der Waals surface area (Å²) in [5.74, 6) is 0.308. The maximum atomic E-state index is 12.4. The monoisotopic (exact) mass is 347 g/mol. The van der Waals surface area contributed by atoms with E-state index in [0.717, 1.165) is 10.0 Å². The highest BCUT2D eigenvalue weighted by Crippen LogP contribution is 2.25. The molecule has 2 aromatic rings. The molecule has 0 saturated carbocycles. The second-order valence-electron chi connectivity index (χ2n) is 3.77. The lowest BCUT2D eigenvalue weighted by Gasteiger charge is -2.07. The van der Waals surface area contributed by atoms with Crippen molar-refractivity contribution in [1.29, 1.82) is 0 Å². The van der Waals surface area contributed by atoms with Crippen LogP contribution in [0.1, 0.15) is 17.6 Å². The van der Waals surface area contributed by atoms with Crippen LogP contribution in [0.4, 0.5) is 8.78 Å². The van der Waals surface area contributed by atoms with Crippen LogP contribution in [-0.4, -0.2) is 4.98 Å². The van der Waals surface area contributed by atoms with Crippen LogP contribution >= 0.6 is 27.5 Å². The molecular weight excluding hydrogens is 340 g/mol. The zero-order valence-electron chi connectivity index (χ0n) is 9.62. The van der Waals surface area contributed by atoms with Gasteiger partial charge in [-0.25, -0.2) is 13.8 Å². The molecule has 1 aromatic carbocycles. The Bertz CT molecular complexity index is 563. The lowest BCUT2D eigenvalue weighted by Crippen LogP contribution is -1.98. The molecule has 2 rings (SSSR count). The van der Waals surface area contributed by atoms with Crippen LogP contribution in [0.5, 0.6) is 5.88 Å². The Morgan fingerprint density at radius 2 is 1.95 bits per heavy atom. The number of halogens is 4. The Balaban J connectivity index is 2.02. The molecule has 0 spiro atoms. The van der Waals surface area contributed by atoms with Crippen LogP contribution in [0.3, 0.4) is 0 Å². The lowest BCUT2D eigenvalue weighted by atomic mass is 10.1. The molecule has 0 aliphatic heterocycles. The van der Waals surface area contributed by atoms with Crippen LogP contribution in [0.2, 0.25) is 5.02 Å². The fraction of sp³-hybridized carbons (Fsp3) is 0.154. The first-order valence-corrected chi connectivity index (χ1v) is 6.54. The lowest BCUT2D eigenvalue weighted by molar-refractivity contribution is 0.151. The van der Waals surface area contributed by atoms with E-state index in [2.05, 4.69) is 20.9 Å². The van der Waals surface area contributed by atoms with Gasteiger partial charge in [-0.1, -0.05) is 35.9 Å². The Labute approximate surface area is 122 Å².